The van der Waals surface area contributed by atoms with Gasteiger partial charge in [-0.15, -0.1) is 11.8 Å². The molecule has 1 aliphatic rings. The largest absolute Gasteiger partial charge is 0.366 e. The van der Waals surface area contributed by atoms with Crippen LogP contribution < -0.4 is 11.1 Å². The maximum atomic E-state index is 12.1. The number of benzene rings is 2. The van der Waals surface area contributed by atoms with Crippen molar-refractivity contribution in [1.82, 2.24) is 0 Å². The lowest BCUT2D eigenvalue weighted by atomic mass is 10.1. The van der Waals surface area contributed by atoms with Crippen LogP contribution in [0.5, 0.6) is 0 Å². The number of nitrogens with one attached hydrogen (secondary N) is 1. The van der Waals surface area contributed by atoms with E-state index in [1.807, 2.05) is 0 Å². The minimum absolute atomic E-state index is 0.141. The van der Waals surface area contributed by atoms with E-state index >= 15 is 0 Å². The number of fused-ring (bicyclic) bond motifs is 1. The lowest BCUT2D eigenvalue weighted by Gasteiger charge is -2.08. The van der Waals surface area contributed by atoms with Crippen LogP contribution in [0, 0.1) is 0 Å². The molecular weight excluding hydrogens is 344 g/mol. The molecule has 0 heterocycles. The highest BCUT2D eigenvalue weighted by molar-refractivity contribution is 8.00. The van der Waals surface area contributed by atoms with E-state index in [0.29, 0.717) is 11.4 Å². The Morgan fingerprint density at radius 3 is 2.71 bits per heavy atom. The van der Waals surface area contributed by atoms with Gasteiger partial charge >= 0.3 is 0 Å². The Hall–Kier alpha value is -1.98. The van der Waals surface area contributed by atoms with E-state index in [4.69, 9.17) is 17.3 Å². The third-order valence-electron chi connectivity index (χ3n) is 3.96. The van der Waals surface area contributed by atoms with Crippen LogP contribution in [0.1, 0.15) is 27.9 Å². The van der Waals surface area contributed by atoms with E-state index in [9.17, 15) is 9.59 Å². The topological polar surface area (TPSA) is 72.2 Å². The summed E-state index contributed by atoms with van der Waals surface area (Å²) in [7, 11) is 0. The highest BCUT2D eigenvalue weighted by Gasteiger charge is 2.12. The van der Waals surface area contributed by atoms with Gasteiger partial charge in [0.15, 0.2) is 0 Å². The maximum Gasteiger partial charge on any atom is 0.250 e. The molecule has 2 aromatic rings. The zero-order valence-electron chi connectivity index (χ0n) is 13.0. The molecule has 0 radical (unpaired) electrons. The molecule has 4 nitrogen and oxygen atoms in total. The zero-order chi connectivity index (χ0) is 17.1. The third-order valence-corrected chi connectivity index (χ3v) is 5.28. The number of hydrogen-bond acceptors (Lipinski definition) is 3. The van der Waals surface area contributed by atoms with Crippen LogP contribution >= 0.6 is 23.4 Å². The number of halogens is 1. The molecule has 0 saturated heterocycles. The number of hydrogen-bond donors (Lipinski definition) is 2. The smallest absolute Gasteiger partial charge is 0.250 e. The standard InChI is InChI=1S/C18H17ClN2O2S/c19-16-7-5-13(9-15(16)18(20)23)21-17(22)10-24-14-6-4-11-2-1-3-12(11)8-14/h4-9H,1-3,10H2,(H2,20,23)(H,21,22). The fourth-order valence-corrected chi connectivity index (χ4v) is 3.75. The predicted octanol–water partition coefficient (Wildman–Crippen LogP) is 3.66. The molecule has 24 heavy (non-hydrogen) atoms. The first-order valence-electron chi connectivity index (χ1n) is 7.67. The van der Waals surface area contributed by atoms with Gasteiger partial charge in [0.1, 0.15) is 0 Å². The normalized spacial score (nSPS) is 12.7. The quantitative estimate of drug-likeness (QED) is 0.799. The van der Waals surface area contributed by atoms with Gasteiger partial charge in [-0.25, -0.2) is 0 Å². The van der Waals surface area contributed by atoms with Gasteiger partial charge in [-0.2, -0.15) is 0 Å². The molecule has 6 heteroatoms. The molecule has 0 atom stereocenters. The first-order valence-corrected chi connectivity index (χ1v) is 9.03. The second kappa shape index (κ2) is 7.28. The van der Waals surface area contributed by atoms with Crippen LogP contribution in [0.3, 0.4) is 0 Å². The van der Waals surface area contributed by atoms with E-state index in [1.165, 1.54) is 35.4 Å². The molecule has 2 aromatic carbocycles. The molecule has 2 amide bonds. The number of rotatable bonds is 5. The number of anilines is 1. The second-order valence-electron chi connectivity index (χ2n) is 5.68. The Bertz CT molecular complexity index is 808. The number of thioether (sulfide) groups is 1. The molecule has 0 aromatic heterocycles. The van der Waals surface area contributed by atoms with Crippen molar-refractivity contribution in [2.45, 2.75) is 24.2 Å². The minimum Gasteiger partial charge on any atom is -0.366 e. The van der Waals surface area contributed by atoms with E-state index in [2.05, 4.69) is 23.5 Å². The van der Waals surface area contributed by atoms with E-state index in [-0.39, 0.29) is 16.5 Å². The summed E-state index contributed by atoms with van der Waals surface area (Å²) in [5, 5.41) is 3.03. The number of nitrogens with two attached hydrogens (primary N) is 1. The van der Waals surface area contributed by atoms with Crippen molar-refractivity contribution >= 4 is 40.9 Å². The van der Waals surface area contributed by atoms with Gasteiger partial charge in [-0.3, -0.25) is 9.59 Å². The van der Waals surface area contributed by atoms with Crippen molar-refractivity contribution in [1.29, 1.82) is 0 Å². The Morgan fingerprint density at radius 1 is 1.12 bits per heavy atom. The van der Waals surface area contributed by atoms with Crippen LogP contribution in [0.2, 0.25) is 5.02 Å². The molecule has 3 rings (SSSR count). The molecule has 0 unspecified atom stereocenters. The van der Waals surface area contributed by atoms with Crippen LogP contribution in [0.25, 0.3) is 0 Å². The van der Waals surface area contributed by atoms with Crippen LogP contribution in [0.15, 0.2) is 41.3 Å². The first-order chi connectivity index (χ1) is 11.5. The fourth-order valence-electron chi connectivity index (χ4n) is 2.78. The minimum atomic E-state index is -0.622. The molecule has 0 saturated carbocycles. The monoisotopic (exact) mass is 360 g/mol. The molecule has 0 aliphatic heterocycles. The van der Waals surface area contributed by atoms with Crippen molar-refractivity contribution in [3.05, 3.63) is 58.1 Å². The Balaban J connectivity index is 1.60. The number of aryl methyl sites for hydroxylation is 2. The Kier molecular flexibility index (Phi) is 5.11. The molecule has 0 fully saturated rings. The summed E-state index contributed by atoms with van der Waals surface area (Å²) < 4.78 is 0. The Labute approximate surface area is 149 Å². The van der Waals surface area contributed by atoms with Gasteiger partial charge in [0.25, 0.3) is 0 Å². The summed E-state index contributed by atoms with van der Waals surface area (Å²) in [4.78, 5) is 24.5. The van der Waals surface area contributed by atoms with Crippen LogP contribution in [0.4, 0.5) is 5.69 Å². The van der Waals surface area contributed by atoms with Crippen molar-refractivity contribution in [2.75, 3.05) is 11.1 Å². The van der Waals surface area contributed by atoms with Crippen molar-refractivity contribution in [3.8, 4) is 0 Å². The third kappa shape index (κ3) is 3.91. The lowest BCUT2D eigenvalue weighted by molar-refractivity contribution is -0.113. The SMILES string of the molecule is NC(=O)c1cc(NC(=O)CSc2ccc3c(c2)CCC3)ccc1Cl. The number of carbonyl (C=O) groups is 2. The Morgan fingerprint density at radius 2 is 1.92 bits per heavy atom. The molecule has 3 N–H and O–H groups in total. The molecule has 0 spiro atoms. The molecule has 124 valence electrons. The predicted molar refractivity (Wildman–Crippen MR) is 97.8 cm³/mol. The van der Waals surface area contributed by atoms with Crippen LogP contribution in [-0.4, -0.2) is 17.6 Å². The average Bonchev–Trinajstić information content (AvgIpc) is 3.02. The fraction of sp³-hybridized carbons (Fsp3) is 0.222. The number of carbonyl (C=O) groups excluding carboxylic acids is 2. The van der Waals surface area contributed by atoms with Gasteiger partial charge in [-0.1, -0.05) is 17.7 Å². The summed E-state index contributed by atoms with van der Waals surface area (Å²) in [5.74, 6) is -0.463. The zero-order valence-corrected chi connectivity index (χ0v) is 14.5. The van der Waals surface area contributed by atoms with E-state index < -0.39 is 5.91 Å². The van der Waals surface area contributed by atoms with Gasteiger partial charge in [0.2, 0.25) is 11.8 Å². The van der Waals surface area contributed by atoms with Crippen LogP contribution in [-0.2, 0) is 17.6 Å². The molecule has 1 aliphatic carbocycles. The first kappa shape index (κ1) is 16.9. The van der Waals surface area contributed by atoms with Gasteiger partial charge < -0.3 is 11.1 Å². The molecular formula is C18H17ClN2O2S. The second-order valence-corrected chi connectivity index (χ2v) is 7.14. The van der Waals surface area contributed by atoms with Gasteiger partial charge in [0, 0.05) is 10.6 Å². The number of amides is 2. The maximum absolute atomic E-state index is 12.1. The summed E-state index contributed by atoms with van der Waals surface area (Å²) in [5.41, 5.74) is 8.77. The lowest BCUT2D eigenvalue weighted by Crippen LogP contribution is -2.16. The summed E-state index contributed by atoms with van der Waals surface area (Å²) in [6.45, 7) is 0. The summed E-state index contributed by atoms with van der Waals surface area (Å²) >= 11 is 7.40. The van der Waals surface area contributed by atoms with Gasteiger partial charge in [-0.05, 0) is 60.7 Å². The van der Waals surface area contributed by atoms with E-state index in [0.717, 1.165) is 17.7 Å². The summed E-state index contributed by atoms with van der Waals surface area (Å²) in [6, 6.07) is 11.1. The average molecular weight is 361 g/mol. The van der Waals surface area contributed by atoms with Crippen molar-refractivity contribution in [2.24, 2.45) is 5.73 Å². The summed E-state index contributed by atoms with van der Waals surface area (Å²) in [6.07, 6.45) is 3.48. The van der Waals surface area contributed by atoms with Gasteiger partial charge in [0.05, 0.1) is 16.3 Å². The highest BCUT2D eigenvalue weighted by Crippen LogP contribution is 2.27. The van der Waals surface area contributed by atoms with Crippen molar-refractivity contribution < 1.29 is 9.59 Å². The highest BCUT2D eigenvalue weighted by atomic mass is 35.5. The number of primary amides is 1. The van der Waals surface area contributed by atoms with E-state index in [1.54, 1.807) is 12.1 Å². The molecule has 0 bridgehead atoms. The van der Waals surface area contributed by atoms with Crippen molar-refractivity contribution in [3.63, 3.8) is 0 Å².